The fourth-order valence-electron chi connectivity index (χ4n) is 2.70. The Labute approximate surface area is 127 Å². The van der Waals surface area contributed by atoms with E-state index in [1.165, 1.54) is 11.2 Å². The van der Waals surface area contributed by atoms with Crippen molar-refractivity contribution in [2.75, 3.05) is 11.5 Å². The molecule has 2 aliphatic heterocycles. The number of thioether (sulfide) groups is 1. The molecule has 0 radical (unpaired) electrons. The third kappa shape index (κ3) is 2.52. The second kappa shape index (κ2) is 5.32. The normalized spacial score (nSPS) is 25.4. The second-order valence-electron chi connectivity index (χ2n) is 5.96. The van der Waals surface area contributed by atoms with Crippen LogP contribution in [0.1, 0.15) is 26.1 Å². The van der Waals surface area contributed by atoms with Gasteiger partial charge in [0.2, 0.25) is 0 Å². The molecule has 1 N–H and O–H groups in total. The molecule has 2 fully saturated rings. The monoisotopic (exact) mass is 309 g/mol. The summed E-state index contributed by atoms with van der Waals surface area (Å²) in [5.41, 5.74) is -0.690. The third-order valence-corrected chi connectivity index (χ3v) is 4.99. The summed E-state index contributed by atoms with van der Waals surface area (Å²) in [6, 6.07) is -0.318. The zero-order valence-electron chi connectivity index (χ0n) is 12.2. The molecule has 0 aliphatic carbocycles. The standard InChI is InChI=1S/C13H19N5O2S/c1-9(2)5-18-10(14-8-15-18)6-17-11(19)13(16-12(17)20)3-4-21-7-13/h8-9H,3-7H2,1-2H3,(H,16,20)/t13-/m1/s1. The largest absolute Gasteiger partial charge is 0.325 e. The van der Waals surface area contributed by atoms with Crippen molar-refractivity contribution in [2.24, 2.45) is 5.92 Å². The van der Waals surface area contributed by atoms with Crippen molar-refractivity contribution in [1.82, 2.24) is 25.0 Å². The number of amides is 3. The Morgan fingerprint density at radius 3 is 2.95 bits per heavy atom. The van der Waals surface area contributed by atoms with Crippen molar-refractivity contribution in [2.45, 2.75) is 38.9 Å². The van der Waals surface area contributed by atoms with Crippen LogP contribution in [-0.4, -0.2) is 48.6 Å². The molecule has 0 saturated carbocycles. The molecule has 7 nitrogen and oxygen atoms in total. The van der Waals surface area contributed by atoms with E-state index in [9.17, 15) is 9.59 Å². The van der Waals surface area contributed by atoms with Crippen molar-refractivity contribution in [3.05, 3.63) is 12.2 Å². The molecule has 1 aromatic heterocycles. The maximum Gasteiger partial charge on any atom is 0.325 e. The highest BCUT2D eigenvalue weighted by Crippen LogP contribution is 2.33. The summed E-state index contributed by atoms with van der Waals surface area (Å²) in [5.74, 6) is 2.51. The van der Waals surface area contributed by atoms with Crippen molar-refractivity contribution in [1.29, 1.82) is 0 Å². The Morgan fingerprint density at radius 1 is 1.48 bits per heavy atom. The predicted octanol–water partition coefficient (Wildman–Crippen LogP) is 0.862. The van der Waals surface area contributed by atoms with Gasteiger partial charge in [-0.3, -0.25) is 9.69 Å². The Balaban J connectivity index is 1.77. The fourth-order valence-corrected chi connectivity index (χ4v) is 4.03. The van der Waals surface area contributed by atoms with Gasteiger partial charge in [-0.1, -0.05) is 13.8 Å². The first-order chi connectivity index (χ1) is 10.0. The van der Waals surface area contributed by atoms with Crippen molar-refractivity contribution < 1.29 is 9.59 Å². The van der Waals surface area contributed by atoms with Crippen molar-refractivity contribution >= 4 is 23.7 Å². The first-order valence-corrected chi connectivity index (χ1v) is 8.26. The smallest absolute Gasteiger partial charge is 0.322 e. The third-order valence-electron chi connectivity index (χ3n) is 3.80. The summed E-state index contributed by atoms with van der Waals surface area (Å²) in [6.45, 7) is 5.08. The van der Waals surface area contributed by atoms with Gasteiger partial charge < -0.3 is 5.32 Å². The Morgan fingerprint density at radius 2 is 2.29 bits per heavy atom. The number of carbonyl (C=O) groups is 2. The van der Waals surface area contributed by atoms with Crippen LogP contribution in [0, 0.1) is 5.92 Å². The number of carbonyl (C=O) groups excluding carboxylic acids is 2. The summed E-state index contributed by atoms with van der Waals surface area (Å²) >= 11 is 1.70. The molecular weight excluding hydrogens is 290 g/mol. The number of rotatable bonds is 4. The van der Waals surface area contributed by atoms with E-state index < -0.39 is 5.54 Å². The number of aromatic nitrogens is 3. The minimum atomic E-state index is -0.690. The zero-order valence-corrected chi connectivity index (χ0v) is 13.0. The van der Waals surface area contributed by atoms with E-state index >= 15 is 0 Å². The molecule has 2 aliphatic rings. The quantitative estimate of drug-likeness (QED) is 0.835. The van der Waals surface area contributed by atoms with Crippen LogP contribution in [0.4, 0.5) is 4.79 Å². The molecule has 3 heterocycles. The van der Waals surface area contributed by atoms with E-state index in [1.807, 2.05) is 0 Å². The van der Waals surface area contributed by atoms with Crippen LogP contribution in [0.2, 0.25) is 0 Å². The van der Waals surface area contributed by atoms with Gasteiger partial charge in [-0.25, -0.2) is 14.5 Å². The summed E-state index contributed by atoms with van der Waals surface area (Å²) in [5, 5.41) is 7.03. The summed E-state index contributed by atoms with van der Waals surface area (Å²) in [7, 11) is 0. The van der Waals surface area contributed by atoms with Crippen LogP contribution >= 0.6 is 11.8 Å². The van der Waals surface area contributed by atoms with Gasteiger partial charge in [0.15, 0.2) is 0 Å². The van der Waals surface area contributed by atoms with E-state index in [4.69, 9.17) is 0 Å². The second-order valence-corrected chi connectivity index (χ2v) is 7.06. The van der Waals surface area contributed by atoms with Gasteiger partial charge in [-0.2, -0.15) is 16.9 Å². The molecule has 3 amide bonds. The first-order valence-electron chi connectivity index (χ1n) is 7.10. The molecule has 8 heteroatoms. The van der Waals surface area contributed by atoms with E-state index in [0.29, 0.717) is 23.9 Å². The van der Waals surface area contributed by atoms with Gasteiger partial charge in [0.05, 0.1) is 6.54 Å². The summed E-state index contributed by atoms with van der Waals surface area (Å²) in [4.78, 5) is 30.2. The molecule has 3 rings (SSSR count). The number of hydrogen-bond acceptors (Lipinski definition) is 5. The summed E-state index contributed by atoms with van der Waals surface area (Å²) < 4.78 is 1.76. The van der Waals surface area contributed by atoms with Crippen LogP contribution in [0.3, 0.4) is 0 Å². The molecule has 2 saturated heterocycles. The maximum absolute atomic E-state index is 12.6. The van der Waals surface area contributed by atoms with E-state index in [2.05, 4.69) is 29.2 Å². The molecule has 1 atom stereocenters. The molecule has 114 valence electrons. The lowest BCUT2D eigenvalue weighted by Gasteiger charge is -2.19. The van der Waals surface area contributed by atoms with Gasteiger partial charge in [0, 0.05) is 12.3 Å². The maximum atomic E-state index is 12.6. The molecule has 1 aromatic rings. The van der Waals surface area contributed by atoms with E-state index in [-0.39, 0.29) is 18.5 Å². The highest BCUT2D eigenvalue weighted by molar-refractivity contribution is 7.99. The molecule has 0 bridgehead atoms. The van der Waals surface area contributed by atoms with Gasteiger partial charge in [0.25, 0.3) is 5.91 Å². The Bertz CT molecular complexity index is 565. The molecule has 1 spiro atoms. The number of nitrogens with zero attached hydrogens (tertiary/aromatic N) is 4. The highest BCUT2D eigenvalue weighted by atomic mass is 32.2. The number of nitrogens with one attached hydrogen (secondary N) is 1. The van der Waals surface area contributed by atoms with Crippen LogP contribution < -0.4 is 5.32 Å². The topological polar surface area (TPSA) is 80.1 Å². The number of urea groups is 1. The molecular formula is C13H19N5O2S. The van der Waals surface area contributed by atoms with Crippen LogP contribution in [0.25, 0.3) is 0 Å². The van der Waals surface area contributed by atoms with Crippen LogP contribution in [-0.2, 0) is 17.9 Å². The molecule has 21 heavy (non-hydrogen) atoms. The lowest BCUT2D eigenvalue weighted by molar-refractivity contribution is -0.131. The zero-order chi connectivity index (χ0) is 15.0. The molecule has 0 unspecified atom stereocenters. The Kier molecular flexibility index (Phi) is 3.64. The average molecular weight is 309 g/mol. The lowest BCUT2D eigenvalue weighted by atomic mass is 9.99. The van der Waals surface area contributed by atoms with Crippen LogP contribution in [0.15, 0.2) is 6.33 Å². The van der Waals surface area contributed by atoms with Gasteiger partial charge in [-0.15, -0.1) is 0 Å². The van der Waals surface area contributed by atoms with Crippen molar-refractivity contribution in [3.63, 3.8) is 0 Å². The Hall–Kier alpha value is -1.57. The first kappa shape index (κ1) is 14.4. The minimum absolute atomic E-state index is 0.128. The lowest BCUT2D eigenvalue weighted by Crippen LogP contribution is -2.47. The summed E-state index contributed by atoms with van der Waals surface area (Å²) in [6.07, 6.45) is 2.18. The molecule has 0 aromatic carbocycles. The van der Waals surface area contributed by atoms with E-state index in [0.717, 1.165) is 12.3 Å². The predicted molar refractivity (Wildman–Crippen MR) is 78.6 cm³/mol. The van der Waals surface area contributed by atoms with E-state index in [1.54, 1.807) is 16.4 Å². The average Bonchev–Trinajstić information content (AvgIpc) is 3.09. The number of imide groups is 1. The van der Waals surface area contributed by atoms with Gasteiger partial charge in [0.1, 0.15) is 17.7 Å². The van der Waals surface area contributed by atoms with Crippen molar-refractivity contribution in [3.8, 4) is 0 Å². The minimum Gasteiger partial charge on any atom is -0.322 e. The fraction of sp³-hybridized carbons (Fsp3) is 0.692. The van der Waals surface area contributed by atoms with Gasteiger partial charge >= 0.3 is 6.03 Å². The SMILES string of the molecule is CC(C)Cn1ncnc1CN1C(=O)N[C@@]2(CCSC2)C1=O. The van der Waals surface area contributed by atoms with Crippen LogP contribution in [0.5, 0.6) is 0 Å². The highest BCUT2D eigenvalue weighted by Gasteiger charge is 2.53. The van der Waals surface area contributed by atoms with Gasteiger partial charge in [-0.05, 0) is 18.1 Å². The number of hydrogen-bond donors (Lipinski definition) is 1.